The normalized spacial score (nSPS) is 48.3. The summed E-state index contributed by atoms with van der Waals surface area (Å²) in [6.45, 7) is 3.82. The van der Waals surface area contributed by atoms with Crippen molar-refractivity contribution in [2.24, 2.45) is 23.2 Å². The predicted octanol–water partition coefficient (Wildman–Crippen LogP) is 3.06. The average molecular weight is 351 g/mol. The van der Waals surface area contributed by atoms with Crippen molar-refractivity contribution in [3.8, 4) is 5.75 Å². The van der Waals surface area contributed by atoms with E-state index in [1.165, 1.54) is 75.7 Å². The van der Waals surface area contributed by atoms with Crippen LogP contribution in [0.2, 0.25) is 0 Å². The second kappa shape index (κ2) is 4.67. The molecule has 0 radical (unpaired) electrons. The lowest BCUT2D eigenvalue weighted by Gasteiger charge is -2.66. The number of nitrogens with one attached hydrogen (secondary N) is 1. The molecule has 0 amide bonds. The van der Waals surface area contributed by atoms with E-state index in [1.54, 1.807) is 0 Å². The summed E-state index contributed by atoms with van der Waals surface area (Å²) < 4.78 is 0. The summed E-state index contributed by atoms with van der Waals surface area (Å²) in [7, 11) is 0. The highest BCUT2D eigenvalue weighted by Crippen LogP contribution is 2.75. The molecule has 1 aromatic rings. The minimum Gasteiger partial charge on any atom is -0.508 e. The van der Waals surface area contributed by atoms with Crippen molar-refractivity contribution in [2.75, 3.05) is 19.6 Å². The standard InChI is InChI=1S/C23H30N2O/c26-18-3-1-2-15-10-19-22-7-6-17-20(16(11-22)12-24-17)23(22,21(15)18)8-9-25(19)13-14-4-5-14/h1-3,14,16-17,19-20,24,26H,4-13H2/t16-,17?,19-,20?,22-,23-/m1/s1. The molecule has 3 heteroatoms. The van der Waals surface area contributed by atoms with Crippen molar-refractivity contribution in [2.45, 2.75) is 62.4 Å². The summed E-state index contributed by atoms with van der Waals surface area (Å²) in [6, 6.07) is 7.80. The molecule has 0 spiro atoms. The van der Waals surface area contributed by atoms with Crippen LogP contribution < -0.4 is 5.32 Å². The number of hydrogen-bond acceptors (Lipinski definition) is 3. The van der Waals surface area contributed by atoms with E-state index in [2.05, 4.69) is 22.3 Å². The Morgan fingerprint density at radius 2 is 2.12 bits per heavy atom. The number of piperidine rings is 1. The van der Waals surface area contributed by atoms with E-state index in [-0.39, 0.29) is 5.41 Å². The van der Waals surface area contributed by atoms with Gasteiger partial charge in [0.2, 0.25) is 0 Å². The Balaban J connectivity index is 1.47. The van der Waals surface area contributed by atoms with Gasteiger partial charge in [0.15, 0.2) is 0 Å². The fraction of sp³-hybridized carbons (Fsp3) is 0.739. The zero-order chi connectivity index (χ0) is 17.1. The van der Waals surface area contributed by atoms with Crippen LogP contribution in [0.1, 0.15) is 49.7 Å². The number of hydrogen-bond donors (Lipinski definition) is 2. The number of phenols is 1. The number of rotatable bonds is 2. The average Bonchev–Trinajstić information content (AvgIpc) is 3.29. The lowest BCUT2D eigenvalue weighted by Crippen LogP contribution is -2.69. The molecule has 2 aliphatic heterocycles. The van der Waals surface area contributed by atoms with E-state index >= 15 is 0 Å². The first-order valence-corrected chi connectivity index (χ1v) is 11.0. The molecule has 3 saturated carbocycles. The molecule has 2 unspecified atom stereocenters. The van der Waals surface area contributed by atoms with Gasteiger partial charge >= 0.3 is 0 Å². The molecule has 2 heterocycles. The van der Waals surface area contributed by atoms with E-state index in [4.69, 9.17) is 0 Å². The molecular weight excluding hydrogens is 320 g/mol. The van der Waals surface area contributed by atoms with Crippen LogP contribution in [-0.4, -0.2) is 41.7 Å². The largest absolute Gasteiger partial charge is 0.508 e. The van der Waals surface area contributed by atoms with Gasteiger partial charge in [0, 0.05) is 29.6 Å². The second-order valence-electron chi connectivity index (χ2n) is 10.4. The van der Waals surface area contributed by atoms with E-state index in [1.807, 2.05) is 6.07 Å². The summed E-state index contributed by atoms with van der Waals surface area (Å²) in [4.78, 5) is 2.91. The number of benzene rings is 1. The molecule has 5 fully saturated rings. The third-order valence-corrected chi connectivity index (χ3v) is 9.62. The van der Waals surface area contributed by atoms with Crippen LogP contribution in [0.15, 0.2) is 18.2 Å². The molecular formula is C23H30N2O. The molecule has 3 nitrogen and oxygen atoms in total. The van der Waals surface area contributed by atoms with Crippen LogP contribution in [0.25, 0.3) is 0 Å². The minimum absolute atomic E-state index is 0.244. The van der Waals surface area contributed by atoms with E-state index in [0.29, 0.717) is 17.2 Å². The van der Waals surface area contributed by atoms with E-state index in [9.17, 15) is 5.11 Å². The number of phenolic OH excluding ortho intramolecular Hbond substituents is 1. The second-order valence-corrected chi connectivity index (χ2v) is 10.4. The lowest BCUT2D eigenvalue weighted by atomic mass is 9.43. The van der Waals surface area contributed by atoms with Gasteiger partial charge in [0.05, 0.1) is 0 Å². The van der Waals surface area contributed by atoms with Crippen molar-refractivity contribution in [1.82, 2.24) is 10.2 Å². The van der Waals surface area contributed by atoms with Gasteiger partial charge in [0.25, 0.3) is 0 Å². The minimum atomic E-state index is 0.244. The summed E-state index contributed by atoms with van der Waals surface area (Å²) in [5.74, 6) is 3.17. The Kier molecular flexibility index (Phi) is 2.68. The molecule has 6 atom stereocenters. The van der Waals surface area contributed by atoms with Crippen LogP contribution in [0, 0.1) is 23.2 Å². The molecule has 6 aliphatic rings. The Bertz CT molecular complexity index is 788. The van der Waals surface area contributed by atoms with Gasteiger partial charge in [0.1, 0.15) is 5.75 Å². The number of likely N-dealkylation sites (tertiary alicyclic amines) is 1. The van der Waals surface area contributed by atoms with Crippen LogP contribution >= 0.6 is 0 Å². The number of nitrogens with zero attached hydrogens (tertiary/aromatic N) is 1. The first kappa shape index (κ1) is 14.9. The van der Waals surface area contributed by atoms with Crippen LogP contribution in [0.4, 0.5) is 0 Å². The Labute approximate surface area is 156 Å². The zero-order valence-corrected chi connectivity index (χ0v) is 15.6. The fourth-order valence-electron chi connectivity index (χ4n) is 8.87. The highest BCUT2D eigenvalue weighted by atomic mass is 16.3. The topological polar surface area (TPSA) is 35.5 Å². The van der Waals surface area contributed by atoms with Crippen molar-refractivity contribution in [1.29, 1.82) is 0 Å². The molecule has 2 N–H and O–H groups in total. The smallest absolute Gasteiger partial charge is 0.119 e. The summed E-state index contributed by atoms with van der Waals surface area (Å²) >= 11 is 0. The molecule has 1 aromatic carbocycles. The van der Waals surface area contributed by atoms with Crippen molar-refractivity contribution < 1.29 is 5.11 Å². The van der Waals surface area contributed by atoms with Crippen LogP contribution in [0.5, 0.6) is 5.75 Å². The first-order valence-electron chi connectivity index (χ1n) is 11.0. The third kappa shape index (κ3) is 1.53. The van der Waals surface area contributed by atoms with Crippen molar-refractivity contribution >= 4 is 0 Å². The predicted molar refractivity (Wildman–Crippen MR) is 101 cm³/mol. The highest BCUT2D eigenvalue weighted by molar-refractivity contribution is 5.54. The van der Waals surface area contributed by atoms with E-state index in [0.717, 1.165) is 23.8 Å². The van der Waals surface area contributed by atoms with Crippen LogP contribution in [-0.2, 0) is 11.8 Å². The number of fused-ring (bicyclic) bond motifs is 1. The Hall–Kier alpha value is -1.06. The maximum atomic E-state index is 11.0. The number of aromatic hydroxyl groups is 1. The van der Waals surface area contributed by atoms with E-state index < -0.39 is 0 Å². The maximum Gasteiger partial charge on any atom is 0.119 e. The molecule has 138 valence electrons. The molecule has 7 rings (SSSR count). The SMILES string of the molecule is Oc1cccc2c1[C@]13CCN(CC4CC4)[C@H](C2)[C@]12CCC1NC[C@@H](C2)C13. The molecule has 26 heavy (non-hydrogen) atoms. The summed E-state index contributed by atoms with van der Waals surface area (Å²) in [6.07, 6.45) is 9.50. The molecule has 4 bridgehead atoms. The zero-order valence-electron chi connectivity index (χ0n) is 15.6. The van der Waals surface area contributed by atoms with Gasteiger partial charge < -0.3 is 10.4 Å². The van der Waals surface area contributed by atoms with Gasteiger partial charge in [-0.05, 0) is 92.8 Å². The monoisotopic (exact) mass is 350 g/mol. The van der Waals surface area contributed by atoms with Gasteiger partial charge in [-0.1, -0.05) is 12.1 Å². The Morgan fingerprint density at radius 1 is 1.19 bits per heavy atom. The summed E-state index contributed by atoms with van der Waals surface area (Å²) in [5, 5.41) is 14.9. The molecule has 2 saturated heterocycles. The van der Waals surface area contributed by atoms with Gasteiger partial charge in [-0.3, -0.25) is 4.90 Å². The first-order chi connectivity index (χ1) is 12.7. The van der Waals surface area contributed by atoms with Crippen molar-refractivity contribution in [3.63, 3.8) is 0 Å². The van der Waals surface area contributed by atoms with Gasteiger partial charge in [-0.25, -0.2) is 0 Å². The van der Waals surface area contributed by atoms with Gasteiger partial charge in [-0.15, -0.1) is 0 Å². The summed E-state index contributed by atoms with van der Waals surface area (Å²) in [5.41, 5.74) is 3.54. The fourth-order valence-corrected chi connectivity index (χ4v) is 8.87. The third-order valence-electron chi connectivity index (χ3n) is 9.62. The Morgan fingerprint density at radius 3 is 3.00 bits per heavy atom. The lowest BCUT2D eigenvalue weighted by molar-refractivity contribution is -0.0948. The van der Waals surface area contributed by atoms with Crippen molar-refractivity contribution in [3.05, 3.63) is 29.3 Å². The molecule has 4 aliphatic carbocycles. The highest BCUT2D eigenvalue weighted by Gasteiger charge is 2.75. The molecule has 0 aromatic heterocycles. The van der Waals surface area contributed by atoms with Gasteiger partial charge in [-0.2, -0.15) is 0 Å². The van der Waals surface area contributed by atoms with Crippen LogP contribution in [0.3, 0.4) is 0 Å². The maximum absolute atomic E-state index is 11.0. The quantitative estimate of drug-likeness (QED) is 0.860.